The molecule has 1 heterocycles. The van der Waals surface area contributed by atoms with Crippen molar-refractivity contribution in [2.45, 2.75) is 19.1 Å². The molecule has 1 aromatic heterocycles. The fourth-order valence-corrected chi connectivity index (χ4v) is 2.05. The Bertz CT molecular complexity index is 707. The lowest BCUT2D eigenvalue weighted by Gasteiger charge is -2.03. The molecule has 1 aromatic carbocycles. The molecule has 0 fully saturated rings. The van der Waals surface area contributed by atoms with Gasteiger partial charge in [-0.2, -0.15) is 4.98 Å². The normalized spacial score (nSPS) is 13.4. The second-order valence-electron chi connectivity index (χ2n) is 4.50. The Kier molecular flexibility index (Phi) is 3.32. The molecule has 6 nitrogen and oxygen atoms in total. The van der Waals surface area contributed by atoms with Gasteiger partial charge >= 0.3 is 0 Å². The Hall–Kier alpha value is -1.89. The molecule has 1 unspecified atom stereocenters. The summed E-state index contributed by atoms with van der Waals surface area (Å²) in [6.45, 7) is 3.41. The van der Waals surface area contributed by atoms with E-state index in [0.717, 1.165) is 11.8 Å². The maximum absolute atomic E-state index is 11.5. The molecular formula is C12H15N3O3S. The van der Waals surface area contributed by atoms with E-state index >= 15 is 0 Å². The topological polar surface area (TPSA) is 99.1 Å². The summed E-state index contributed by atoms with van der Waals surface area (Å²) >= 11 is 0. The predicted molar refractivity (Wildman–Crippen MR) is 72.1 cm³/mol. The zero-order chi connectivity index (χ0) is 14.2. The highest BCUT2D eigenvalue weighted by atomic mass is 32.2. The van der Waals surface area contributed by atoms with E-state index in [4.69, 9.17) is 10.3 Å². The second-order valence-corrected chi connectivity index (χ2v) is 6.87. The van der Waals surface area contributed by atoms with Gasteiger partial charge in [-0.25, -0.2) is 8.42 Å². The minimum atomic E-state index is -3.25. The number of aromatic nitrogens is 2. The van der Waals surface area contributed by atoms with E-state index in [1.54, 1.807) is 12.1 Å². The van der Waals surface area contributed by atoms with Gasteiger partial charge in [-0.05, 0) is 31.5 Å². The van der Waals surface area contributed by atoms with Crippen LogP contribution in [0.2, 0.25) is 0 Å². The summed E-state index contributed by atoms with van der Waals surface area (Å²) in [6, 6.07) is 5.33. The molecule has 2 N–H and O–H groups in total. The molecule has 0 saturated heterocycles. The fraction of sp³-hybridized carbons (Fsp3) is 0.333. The van der Waals surface area contributed by atoms with Gasteiger partial charge in [0.2, 0.25) is 0 Å². The van der Waals surface area contributed by atoms with Crippen molar-refractivity contribution >= 4 is 15.5 Å². The van der Waals surface area contributed by atoms with Crippen LogP contribution in [0, 0.1) is 6.92 Å². The fourth-order valence-electron chi connectivity index (χ4n) is 1.57. The highest BCUT2D eigenvalue weighted by molar-refractivity contribution is 7.90. The lowest BCUT2D eigenvalue weighted by Crippen LogP contribution is -2.09. The minimum Gasteiger partial charge on any atom is -0.399 e. The van der Waals surface area contributed by atoms with Crippen molar-refractivity contribution < 1.29 is 12.9 Å². The van der Waals surface area contributed by atoms with Crippen LogP contribution < -0.4 is 5.73 Å². The van der Waals surface area contributed by atoms with Gasteiger partial charge in [0.25, 0.3) is 5.89 Å². The van der Waals surface area contributed by atoms with Gasteiger partial charge in [0, 0.05) is 17.5 Å². The number of rotatable bonds is 3. The molecule has 0 amide bonds. The van der Waals surface area contributed by atoms with E-state index in [9.17, 15) is 8.42 Å². The molecule has 0 aliphatic rings. The highest BCUT2D eigenvalue weighted by Crippen LogP contribution is 2.26. The number of benzene rings is 1. The smallest absolute Gasteiger partial charge is 0.258 e. The van der Waals surface area contributed by atoms with Crippen LogP contribution >= 0.6 is 0 Å². The van der Waals surface area contributed by atoms with Gasteiger partial charge in [-0.3, -0.25) is 0 Å². The van der Waals surface area contributed by atoms with Crippen LogP contribution in [-0.2, 0) is 9.84 Å². The van der Waals surface area contributed by atoms with E-state index in [1.807, 2.05) is 13.0 Å². The number of hydrogen-bond donors (Lipinski definition) is 1. The molecule has 1 atom stereocenters. The van der Waals surface area contributed by atoms with E-state index < -0.39 is 15.1 Å². The highest BCUT2D eigenvalue weighted by Gasteiger charge is 2.23. The first-order valence-corrected chi connectivity index (χ1v) is 7.63. The number of hydrogen-bond acceptors (Lipinski definition) is 6. The number of aryl methyl sites for hydroxylation is 1. The van der Waals surface area contributed by atoms with Crippen molar-refractivity contribution in [1.82, 2.24) is 10.1 Å². The number of nitrogen functional groups attached to an aromatic ring is 1. The van der Waals surface area contributed by atoms with Crippen molar-refractivity contribution in [3.05, 3.63) is 29.6 Å². The Morgan fingerprint density at radius 3 is 2.68 bits per heavy atom. The summed E-state index contributed by atoms with van der Waals surface area (Å²) < 4.78 is 28.0. The van der Waals surface area contributed by atoms with E-state index in [-0.39, 0.29) is 11.7 Å². The average molecular weight is 281 g/mol. The van der Waals surface area contributed by atoms with Crippen molar-refractivity contribution in [1.29, 1.82) is 0 Å². The van der Waals surface area contributed by atoms with Crippen molar-refractivity contribution in [3.8, 4) is 11.5 Å². The maximum Gasteiger partial charge on any atom is 0.258 e. The van der Waals surface area contributed by atoms with Gasteiger partial charge in [0.05, 0.1) is 0 Å². The second kappa shape index (κ2) is 4.65. The third kappa shape index (κ3) is 2.76. The van der Waals surface area contributed by atoms with Crippen LogP contribution in [0.3, 0.4) is 0 Å². The van der Waals surface area contributed by atoms with Gasteiger partial charge < -0.3 is 10.3 Å². The molecule has 0 bridgehead atoms. The van der Waals surface area contributed by atoms with E-state index in [0.29, 0.717) is 11.3 Å². The zero-order valence-corrected chi connectivity index (χ0v) is 11.7. The van der Waals surface area contributed by atoms with E-state index in [2.05, 4.69) is 10.1 Å². The van der Waals surface area contributed by atoms with Gasteiger partial charge in [0.15, 0.2) is 15.7 Å². The van der Waals surface area contributed by atoms with Crippen molar-refractivity contribution in [3.63, 3.8) is 0 Å². The SMILES string of the molecule is Cc1ccc(N)cc1-c1nc(C(C)S(C)(=O)=O)no1. The summed E-state index contributed by atoms with van der Waals surface area (Å²) in [6.07, 6.45) is 1.14. The monoisotopic (exact) mass is 281 g/mol. The molecule has 0 radical (unpaired) electrons. The lowest BCUT2D eigenvalue weighted by molar-refractivity contribution is 0.421. The van der Waals surface area contributed by atoms with Gasteiger partial charge in [-0.1, -0.05) is 11.2 Å². The van der Waals surface area contributed by atoms with Crippen LogP contribution in [0.15, 0.2) is 22.7 Å². The standard InChI is InChI=1S/C12H15N3O3S/c1-7-4-5-9(13)6-10(7)12-14-11(15-18-12)8(2)19(3,16)17/h4-6,8H,13H2,1-3H3. The predicted octanol–water partition coefficient (Wildman–Crippen LogP) is 1.73. The molecule has 102 valence electrons. The summed E-state index contributed by atoms with van der Waals surface area (Å²) in [5, 5.41) is 2.92. The third-order valence-corrected chi connectivity index (χ3v) is 4.43. The van der Waals surface area contributed by atoms with Crippen LogP contribution in [0.4, 0.5) is 5.69 Å². The Balaban J connectivity index is 2.44. The quantitative estimate of drug-likeness (QED) is 0.860. The summed E-state index contributed by atoms with van der Waals surface area (Å²) in [7, 11) is -3.25. The minimum absolute atomic E-state index is 0.152. The zero-order valence-electron chi connectivity index (χ0n) is 10.9. The van der Waals surface area contributed by atoms with Gasteiger partial charge in [-0.15, -0.1) is 0 Å². The number of sulfone groups is 1. The molecule has 0 spiro atoms. The molecule has 2 aromatic rings. The van der Waals surface area contributed by atoms with Gasteiger partial charge in [0.1, 0.15) is 5.25 Å². The molecule has 7 heteroatoms. The molecule has 0 aliphatic heterocycles. The molecule has 2 rings (SSSR count). The molecule has 0 aliphatic carbocycles. The molecule has 0 saturated carbocycles. The number of anilines is 1. The Morgan fingerprint density at radius 2 is 2.05 bits per heavy atom. The van der Waals surface area contributed by atoms with Crippen molar-refractivity contribution in [2.75, 3.05) is 12.0 Å². The van der Waals surface area contributed by atoms with Crippen LogP contribution in [-0.4, -0.2) is 24.8 Å². The Morgan fingerprint density at radius 1 is 1.37 bits per heavy atom. The largest absolute Gasteiger partial charge is 0.399 e. The van der Waals surface area contributed by atoms with Crippen LogP contribution in [0.25, 0.3) is 11.5 Å². The first-order valence-electron chi connectivity index (χ1n) is 5.68. The average Bonchev–Trinajstić information content (AvgIpc) is 2.79. The third-order valence-electron chi connectivity index (χ3n) is 2.94. The first-order chi connectivity index (χ1) is 8.79. The summed E-state index contributed by atoms with van der Waals surface area (Å²) in [5.41, 5.74) is 7.93. The van der Waals surface area contributed by atoms with Crippen LogP contribution in [0.5, 0.6) is 0 Å². The summed E-state index contributed by atoms with van der Waals surface area (Å²) in [4.78, 5) is 4.14. The maximum atomic E-state index is 11.5. The van der Waals surface area contributed by atoms with Crippen molar-refractivity contribution in [2.24, 2.45) is 0 Å². The number of nitrogens with two attached hydrogens (primary N) is 1. The number of nitrogens with zero attached hydrogens (tertiary/aromatic N) is 2. The molecular weight excluding hydrogens is 266 g/mol. The first kappa shape index (κ1) is 13.5. The summed E-state index contributed by atoms with van der Waals surface area (Å²) in [5.74, 6) is 0.426. The lowest BCUT2D eigenvalue weighted by atomic mass is 10.1. The Labute approximate surface area is 111 Å². The van der Waals surface area contributed by atoms with Crippen LogP contribution in [0.1, 0.15) is 23.6 Å². The molecule has 19 heavy (non-hydrogen) atoms. The van der Waals surface area contributed by atoms with E-state index in [1.165, 1.54) is 6.92 Å².